The van der Waals surface area contributed by atoms with Crippen LogP contribution in [0.25, 0.3) is 0 Å². The molecule has 3 heteroatoms. The highest BCUT2D eigenvalue weighted by atomic mass is 16.3. The summed E-state index contributed by atoms with van der Waals surface area (Å²) < 4.78 is 5.90. The van der Waals surface area contributed by atoms with Crippen molar-refractivity contribution < 1.29 is 4.42 Å². The zero-order valence-corrected chi connectivity index (χ0v) is 12.9. The summed E-state index contributed by atoms with van der Waals surface area (Å²) in [6.07, 6.45) is 2.62. The van der Waals surface area contributed by atoms with Gasteiger partial charge in [-0.1, -0.05) is 24.3 Å². The molecule has 0 radical (unpaired) electrons. The normalized spacial score (nSPS) is 14.8. The Bertz CT molecular complexity index is 586. The summed E-state index contributed by atoms with van der Waals surface area (Å²) in [5.41, 5.74) is 2.72. The number of rotatable bonds is 7. The molecule has 0 spiro atoms. The molecule has 1 aromatic heterocycles. The second-order valence-corrected chi connectivity index (χ2v) is 6.12. The first-order chi connectivity index (χ1) is 10.2. The fourth-order valence-corrected chi connectivity index (χ4v) is 2.53. The van der Waals surface area contributed by atoms with E-state index in [0.29, 0.717) is 0 Å². The van der Waals surface area contributed by atoms with Crippen LogP contribution >= 0.6 is 0 Å². The van der Waals surface area contributed by atoms with Crippen LogP contribution in [0, 0.1) is 6.92 Å². The van der Waals surface area contributed by atoms with E-state index in [2.05, 4.69) is 60.6 Å². The predicted octanol–water partition coefficient (Wildman–Crippen LogP) is 3.47. The van der Waals surface area contributed by atoms with Crippen LogP contribution < -0.4 is 5.32 Å². The van der Waals surface area contributed by atoms with Gasteiger partial charge >= 0.3 is 0 Å². The van der Waals surface area contributed by atoms with Crippen molar-refractivity contribution in [3.8, 4) is 0 Å². The second-order valence-electron chi connectivity index (χ2n) is 6.12. The molecule has 1 fully saturated rings. The van der Waals surface area contributed by atoms with E-state index in [-0.39, 0.29) is 0 Å². The van der Waals surface area contributed by atoms with Gasteiger partial charge in [0, 0.05) is 12.6 Å². The van der Waals surface area contributed by atoms with E-state index >= 15 is 0 Å². The fraction of sp³-hybridized carbons (Fsp3) is 0.444. The first-order valence-electron chi connectivity index (χ1n) is 7.75. The number of aryl methyl sites for hydroxylation is 1. The molecule has 0 atom stereocenters. The zero-order valence-electron chi connectivity index (χ0n) is 12.9. The van der Waals surface area contributed by atoms with Crippen molar-refractivity contribution in [2.24, 2.45) is 0 Å². The van der Waals surface area contributed by atoms with E-state index in [9.17, 15) is 0 Å². The number of nitrogens with one attached hydrogen (secondary N) is 1. The fourth-order valence-electron chi connectivity index (χ4n) is 2.53. The average molecular weight is 284 g/mol. The number of nitrogens with zero attached hydrogens (tertiary/aromatic N) is 1. The molecular weight excluding hydrogens is 260 g/mol. The Kier molecular flexibility index (Phi) is 4.42. The molecule has 0 amide bonds. The Morgan fingerprint density at radius 2 is 1.86 bits per heavy atom. The highest BCUT2D eigenvalue weighted by Gasteiger charge is 2.20. The van der Waals surface area contributed by atoms with Gasteiger partial charge in [-0.15, -0.1) is 0 Å². The lowest BCUT2D eigenvalue weighted by Gasteiger charge is -2.16. The third kappa shape index (κ3) is 4.19. The molecule has 112 valence electrons. The van der Waals surface area contributed by atoms with Crippen molar-refractivity contribution in [3.63, 3.8) is 0 Å². The molecule has 3 nitrogen and oxygen atoms in total. The Labute approximate surface area is 127 Å². The molecule has 3 rings (SSSR count). The van der Waals surface area contributed by atoms with Crippen LogP contribution in [0.3, 0.4) is 0 Å². The molecule has 1 saturated carbocycles. The monoisotopic (exact) mass is 284 g/mol. The molecule has 0 unspecified atom stereocenters. The zero-order chi connectivity index (χ0) is 14.7. The van der Waals surface area contributed by atoms with E-state index in [4.69, 9.17) is 4.42 Å². The van der Waals surface area contributed by atoms with Gasteiger partial charge in [-0.25, -0.2) is 0 Å². The topological polar surface area (TPSA) is 28.4 Å². The second kappa shape index (κ2) is 6.46. The molecule has 1 aliphatic carbocycles. The Morgan fingerprint density at radius 3 is 2.62 bits per heavy atom. The van der Waals surface area contributed by atoms with Gasteiger partial charge in [0.2, 0.25) is 0 Å². The molecule has 0 aliphatic heterocycles. The standard InChI is InChI=1S/C18H24N2O/c1-14-5-3-4-6-15(14)12-20(2)13-18-10-9-17(21-18)11-19-16-7-8-16/h3-6,9-10,16,19H,7-8,11-13H2,1-2H3. The lowest BCUT2D eigenvalue weighted by molar-refractivity contribution is 0.282. The molecule has 0 saturated heterocycles. The van der Waals surface area contributed by atoms with Gasteiger partial charge in [-0.05, 0) is 50.1 Å². The van der Waals surface area contributed by atoms with Crippen LogP contribution in [0.4, 0.5) is 0 Å². The van der Waals surface area contributed by atoms with E-state index in [1.54, 1.807) is 0 Å². The van der Waals surface area contributed by atoms with E-state index < -0.39 is 0 Å². The molecule has 1 heterocycles. The Morgan fingerprint density at radius 1 is 1.10 bits per heavy atom. The average Bonchev–Trinajstić information content (AvgIpc) is 3.19. The van der Waals surface area contributed by atoms with Crippen molar-refractivity contribution in [2.45, 2.75) is 45.4 Å². The van der Waals surface area contributed by atoms with Gasteiger partial charge in [-0.3, -0.25) is 4.90 Å². The Balaban J connectivity index is 1.52. The first-order valence-corrected chi connectivity index (χ1v) is 7.75. The number of benzene rings is 1. The minimum atomic E-state index is 0.724. The summed E-state index contributed by atoms with van der Waals surface area (Å²) in [7, 11) is 2.14. The van der Waals surface area contributed by atoms with Gasteiger partial charge in [0.1, 0.15) is 11.5 Å². The van der Waals surface area contributed by atoms with Crippen LogP contribution in [-0.2, 0) is 19.6 Å². The third-order valence-corrected chi connectivity index (χ3v) is 3.99. The van der Waals surface area contributed by atoms with Crippen LogP contribution in [-0.4, -0.2) is 18.0 Å². The summed E-state index contributed by atoms with van der Waals surface area (Å²) in [6.45, 7) is 4.81. The molecule has 1 aromatic carbocycles. The van der Waals surface area contributed by atoms with Crippen molar-refractivity contribution in [1.82, 2.24) is 10.2 Å². The number of hydrogen-bond donors (Lipinski definition) is 1. The molecule has 1 aliphatic rings. The van der Waals surface area contributed by atoms with Gasteiger partial charge < -0.3 is 9.73 Å². The largest absolute Gasteiger partial charge is 0.463 e. The summed E-state index contributed by atoms with van der Waals surface area (Å²) in [5.74, 6) is 2.08. The third-order valence-electron chi connectivity index (χ3n) is 3.99. The molecule has 1 N–H and O–H groups in total. The van der Waals surface area contributed by atoms with E-state index in [1.165, 1.54) is 24.0 Å². The first kappa shape index (κ1) is 14.4. The van der Waals surface area contributed by atoms with Gasteiger partial charge in [0.05, 0.1) is 13.1 Å². The van der Waals surface area contributed by atoms with E-state index in [1.807, 2.05) is 0 Å². The minimum Gasteiger partial charge on any atom is -0.463 e. The molecule has 2 aromatic rings. The lowest BCUT2D eigenvalue weighted by atomic mass is 10.1. The maximum Gasteiger partial charge on any atom is 0.118 e. The van der Waals surface area contributed by atoms with Crippen LogP contribution in [0.5, 0.6) is 0 Å². The lowest BCUT2D eigenvalue weighted by Crippen LogP contribution is -2.17. The Hall–Kier alpha value is -1.58. The summed E-state index contributed by atoms with van der Waals surface area (Å²) >= 11 is 0. The van der Waals surface area contributed by atoms with E-state index in [0.717, 1.165) is 37.2 Å². The van der Waals surface area contributed by atoms with Crippen molar-refractivity contribution in [1.29, 1.82) is 0 Å². The maximum absolute atomic E-state index is 5.90. The molecular formula is C18H24N2O. The van der Waals surface area contributed by atoms with Crippen molar-refractivity contribution in [3.05, 3.63) is 59.0 Å². The van der Waals surface area contributed by atoms with Crippen molar-refractivity contribution >= 4 is 0 Å². The molecule has 21 heavy (non-hydrogen) atoms. The quantitative estimate of drug-likeness (QED) is 0.844. The summed E-state index contributed by atoms with van der Waals surface area (Å²) in [5, 5.41) is 3.48. The minimum absolute atomic E-state index is 0.724. The number of hydrogen-bond acceptors (Lipinski definition) is 3. The number of furan rings is 1. The highest BCUT2D eigenvalue weighted by molar-refractivity contribution is 5.25. The summed E-state index contributed by atoms with van der Waals surface area (Å²) in [4.78, 5) is 2.29. The maximum atomic E-state index is 5.90. The SMILES string of the molecule is Cc1ccccc1CN(C)Cc1ccc(CNC2CC2)o1. The van der Waals surface area contributed by atoms with Gasteiger partial charge in [-0.2, -0.15) is 0 Å². The van der Waals surface area contributed by atoms with Crippen LogP contribution in [0.15, 0.2) is 40.8 Å². The highest BCUT2D eigenvalue weighted by Crippen LogP contribution is 2.20. The molecule has 0 bridgehead atoms. The smallest absolute Gasteiger partial charge is 0.118 e. The van der Waals surface area contributed by atoms with Crippen molar-refractivity contribution in [2.75, 3.05) is 7.05 Å². The predicted molar refractivity (Wildman–Crippen MR) is 84.9 cm³/mol. The van der Waals surface area contributed by atoms with Gasteiger partial charge in [0.25, 0.3) is 0 Å². The van der Waals surface area contributed by atoms with Crippen LogP contribution in [0.1, 0.15) is 35.5 Å². The van der Waals surface area contributed by atoms with Gasteiger partial charge in [0.15, 0.2) is 0 Å². The summed E-state index contributed by atoms with van der Waals surface area (Å²) in [6, 6.07) is 13.5. The van der Waals surface area contributed by atoms with Crippen LogP contribution in [0.2, 0.25) is 0 Å².